The number of primary sulfonamides is 1. The average molecular weight is 282 g/mol. The van der Waals surface area contributed by atoms with E-state index in [0.717, 1.165) is 11.3 Å². The summed E-state index contributed by atoms with van der Waals surface area (Å²) in [7, 11) is -3.79. The molecule has 0 atom stereocenters. The Morgan fingerprint density at radius 2 is 2.17 bits per heavy atom. The van der Waals surface area contributed by atoms with E-state index in [1.807, 2.05) is 0 Å². The van der Waals surface area contributed by atoms with Gasteiger partial charge in [0, 0.05) is 6.20 Å². The van der Waals surface area contributed by atoms with Gasteiger partial charge in [-0.15, -0.1) is 5.10 Å². The number of sulfonamides is 1. The Morgan fingerprint density at radius 1 is 1.33 bits per heavy atom. The summed E-state index contributed by atoms with van der Waals surface area (Å²) in [5.41, 5.74) is 1.23. The molecular formula is C8H6N6O2S2. The molecule has 0 radical (unpaired) electrons. The number of hydrogen-bond acceptors (Lipinski definition) is 7. The zero-order valence-electron chi connectivity index (χ0n) is 8.76. The van der Waals surface area contributed by atoms with Gasteiger partial charge in [-0.05, 0) is 6.07 Å². The first kappa shape index (κ1) is 11.2. The van der Waals surface area contributed by atoms with Crippen molar-refractivity contribution in [1.82, 2.24) is 24.6 Å². The highest BCUT2D eigenvalue weighted by Crippen LogP contribution is 2.21. The molecule has 0 aliphatic carbocycles. The number of imidazole rings is 1. The van der Waals surface area contributed by atoms with E-state index in [1.165, 1.54) is 10.8 Å². The lowest BCUT2D eigenvalue weighted by atomic mass is 10.3. The van der Waals surface area contributed by atoms with Gasteiger partial charge in [-0.25, -0.2) is 33.0 Å². The number of aromatic nitrogens is 5. The second-order valence-corrected chi connectivity index (χ2v) is 6.05. The lowest BCUT2D eigenvalue weighted by Gasteiger charge is -1.91. The zero-order valence-corrected chi connectivity index (χ0v) is 10.4. The number of rotatable bonds is 2. The normalized spacial score (nSPS) is 12.1. The first-order valence-corrected chi connectivity index (χ1v) is 7.06. The minimum Gasteiger partial charge on any atom is -0.245 e. The minimum atomic E-state index is -3.79. The van der Waals surface area contributed by atoms with Crippen LogP contribution < -0.4 is 5.14 Å². The van der Waals surface area contributed by atoms with Crippen LogP contribution in [0.2, 0.25) is 0 Å². The van der Waals surface area contributed by atoms with Crippen molar-refractivity contribution in [2.45, 2.75) is 4.34 Å². The van der Waals surface area contributed by atoms with Crippen molar-refractivity contribution in [2.75, 3.05) is 0 Å². The maximum absolute atomic E-state index is 11.1. The Labute approximate surface area is 105 Å². The average Bonchev–Trinajstić information content (AvgIpc) is 2.86. The molecule has 0 aliphatic heterocycles. The lowest BCUT2D eigenvalue weighted by molar-refractivity contribution is 0.595. The number of nitrogens with two attached hydrogens (primary N) is 1. The van der Waals surface area contributed by atoms with E-state index < -0.39 is 10.0 Å². The van der Waals surface area contributed by atoms with Gasteiger partial charge < -0.3 is 0 Å². The van der Waals surface area contributed by atoms with Gasteiger partial charge in [-0.1, -0.05) is 11.3 Å². The van der Waals surface area contributed by atoms with Crippen molar-refractivity contribution >= 4 is 26.3 Å². The van der Waals surface area contributed by atoms with Crippen LogP contribution in [0.1, 0.15) is 0 Å². The molecule has 0 saturated heterocycles. The zero-order chi connectivity index (χ0) is 12.8. The predicted molar refractivity (Wildman–Crippen MR) is 63.3 cm³/mol. The summed E-state index contributed by atoms with van der Waals surface area (Å²) in [6.07, 6.45) is 4.59. The van der Waals surface area contributed by atoms with E-state index in [9.17, 15) is 8.42 Å². The largest absolute Gasteiger partial charge is 0.267 e. The first-order valence-electron chi connectivity index (χ1n) is 4.69. The van der Waals surface area contributed by atoms with Crippen LogP contribution in [0.4, 0.5) is 0 Å². The number of nitrogens with zero attached hydrogens (tertiary/aromatic N) is 5. The van der Waals surface area contributed by atoms with Crippen LogP contribution in [0.25, 0.3) is 16.3 Å². The molecule has 0 aliphatic rings. The van der Waals surface area contributed by atoms with Crippen molar-refractivity contribution in [3.05, 3.63) is 24.8 Å². The van der Waals surface area contributed by atoms with Crippen molar-refractivity contribution < 1.29 is 8.42 Å². The smallest absolute Gasteiger partial charge is 0.245 e. The highest BCUT2D eigenvalue weighted by molar-refractivity contribution is 7.91. The Kier molecular flexibility index (Phi) is 2.36. The van der Waals surface area contributed by atoms with Crippen molar-refractivity contribution in [2.24, 2.45) is 5.14 Å². The van der Waals surface area contributed by atoms with E-state index in [1.54, 1.807) is 18.5 Å². The van der Waals surface area contributed by atoms with Crippen molar-refractivity contribution in [3.8, 4) is 11.4 Å². The topological polar surface area (TPSA) is 116 Å². The molecule has 0 amide bonds. The van der Waals surface area contributed by atoms with Gasteiger partial charge >= 0.3 is 0 Å². The van der Waals surface area contributed by atoms with Gasteiger partial charge in [0.05, 0.1) is 11.9 Å². The van der Waals surface area contributed by atoms with Crippen LogP contribution in [0.15, 0.2) is 29.1 Å². The second kappa shape index (κ2) is 3.80. The Bertz CT molecular complexity index is 775. The van der Waals surface area contributed by atoms with E-state index >= 15 is 0 Å². The monoisotopic (exact) mass is 282 g/mol. The van der Waals surface area contributed by atoms with E-state index in [4.69, 9.17) is 5.14 Å². The van der Waals surface area contributed by atoms with Gasteiger partial charge in [0.25, 0.3) is 10.0 Å². The van der Waals surface area contributed by atoms with Gasteiger partial charge in [-0.3, -0.25) is 0 Å². The molecule has 0 unspecified atom stereocenters. The Balaban J connectivity index is 2.12. The molecule has 0 bridgehead atoms. The maximum Gasteiger partial charge on any atom is 0.267 e. The Morgan fingerprint density at radius 3 is 2.78 bits per heavy atom. The Hall–Kier alpha value is -1.91. The summed E-state index contributed by atoms with van der Waals surface area (Å²) in [6, 6.07) is 1.70. The minimum absolute atomic E-state index is 0.167. The summed E-state index contributed by atoms with van der Waals surface area (Å²) < 4.78 is 23.4. The third-order valence-corrected chi connectivity index (χ3v) is 4.34. The summed E-state index contributed by atoms with van der Waals surface area (Å²) in [5, 5.41) is 8.83. The van der Waals surface area contributed by atoms with E-state index in [2.05, 4.69) is 20.1 Å². The second-order valence-electron chi connectivity index (χ2n) is 3.36. The predicted octanol–water partition coefficient (Wildman–Crippen LogP) is -0.105. The standard InChI is InChI=1S/C8H6N6O2S2/c9-18(15,16)8-13-14-3-6(12-7(14)17-8)5-1-2-10-4-11-5/h1-4H,(H2,9,15,16). The summed E-state index contributed by atoms with van der Waals surface area (Å²) >= 11 is 0.904. The molecule has 8 nitrogen and oxygen atoms in total. The summed E-state index contributed by atoms with van der Waals surface area (Å²) in [6.45, 7) is 0. The van der Waals surface area contributed by atoms with Gasteiger partial charge in [0.15, 0.2) is 0 Å². The first-order chi connectivity index (χ1) is 8.54. The molecule has 0 aromatic carbocycles. The lowest BCUT2D eigenvalue weighted by Crippen LogP contribution is -2.12. The summed E-state index contributed by atoms with van der Waals surface area (Å²) in [4.78, 5) is 12.5. The van der Waals surface area contributed by atoms with Gasteiger partial charge in [0.2, 0.25) is 9.30 Å². The molecule has 2 N–H and O–H groups in total. The molecule has 10 heteroatoms. The maximum atomic E-state index is 11.1. The molecule has 3 heterocycles. The highest BCUT2D eigenvalue weighted by atomic mass is 32.2. The number of hydrogen-bond donors (Lipinski definition) is 1. The number of fused-ring (bicyclic) bond motifs is 1. The van der Waals surface area contributed by atoms with Crippen molar-refractivity contribution in [3.63, 3.8) is 0 Å². The molecule has 3 aromatic heterocycles. The third-order valence-electron chi connectivity index (χ3n) is 2.11. The fraction of sp³-hybridized carbons (Fsp3) is 0. The fourth-order valence-corrected chi connectivity index (χ4v) is 2.87. The molecule has 92 valence electrons. The fourth-order valence-electron chi connectivity index (χ4n) is 1.36. The molecule has 18 heavy (non-hydrogen) atoms. The van der Waals surface area contributed by atoms with Crippen LogP contribution in [-0.2, 0) is 10.0 Å². The summed E-state index contributed by atoms with van der Waals surface area (Å²) in [5.74, 6) is 0. The van der Waals surface area contributed by atoms with Crippen LogP contribution in [0, 0.1) is 0 Å². The van der Waals surface area contributed by atoms with E-state index in [0.29, 0.717) is 16.3 Å². The van der Waals surface area contributed by atoms with Crippen molar-refractivity contribution in [1.29, 1.82) is 0 Å². The van der Waals surface area contributed by atoms with Crippen LogP contribution in [0.5, 0.6) is 0 Å². The molecule has 0 fully saturated rings. The van der Waals surface area contributed by atoms with Gasteiger partial charge in [0.1, 0.15) is 12.0 Å². The molecule has 3 aromatic rings. The third kappa shape index (κ3) is 1.85. The quantitative estimate of drug-likeness (QED) is 0.701. The molecule has 0 spiro atoms. The molecule has 0 saturated carbocycles. The highest BCUT2D eigenvalue weighted by Gasteiger charge is 2.17. The molecular weight excluding hydrogens is 276 g/mol. The van der Waals surface area contributed by atoms with Crippen LogP contribution >= 0.6 is 11.3 Å². The van der Waals surface area contributed by atoms with E-state index in [-0.39, 0.29) is 4.34 Å². The van der Waals surface area contributed by atoms with Crippen LogP contribution in [-0.4, -0.2) is 33.0 Å². The van der Waals surface area contributed by atoms with Crippen LogP contribution in [0.3, 0.4) is 0 Å². The molecule has 3 rings (SSSR count). The SMILES string of the molecule is NS(=O)(=O)c1nn2cc(-c3ccncn3)nc2s1. The van der Waals surface area contributed by atoms with Gasteiger partial charge in [-0.2, -0.15) is 0 Å².